The van der Waals surface area contributed by atoms with Crippen molar-refractivity contribution in [3.05, 3.63) is 23.4 Å². The maximum Gasteiger partial charge on any atom is 0.127 e. The van der Waals surface area contributed by atoms with E-state index in [1.807, 2.05) is 6.92 Å². The predicted molar refractivity (Wildman–Crippen MR) is 57.1 cm³/mol. The third kappa shape index (κ3) is 2.74. The number of rotatable bonds is 1. The minimum Gasteiger partial charge on any atom is -0.365 e. The van der Waals surface area contributed by atoms with Crippen molar-refractivity contribution in [1.82, 2.24) is 4.98 Å². The molecule has 0 aliphatic carbocycles. The van der Waals surface area contributed by atoms with Crippen LogP contribution in [0.15, 0.2) is 12.3 Å². The molecular formula is C11H15N3. The van der Waals surface area contributed by atoms with E-state index in [9.17, 15) is 0 Å². The monoisotopic (exact) mass is 189 g/mol. The van der Waals surface area contributed by atoms with Crippen LogP contribution < -0.4 is 5.32 Å². The second-order valence-electron chi connectivity index (χ2n) is 4.37. The molecule has 0 bridgehead atoms. The Morgan fingerprint density at radius 3 is 2.57 bits per heavy atom. The third-order valence-corrected chi connectivity index (χ3v) is 1.73. The fraction of sp³-hybridized carbons (Fsp3) is 0.455. The van der Waals surface area contributed by atoms with Gasteiger partial charge in [-0.3, -0.25) is 0 Å². The van der Waals surface area contributed by atoms with Crippen LogP contribution in [-0.2, 0) is 0 Å². The van der Waals surface area contributed by atoms with Crippen LogP contribution in [0.2, 0.25) is 0 Å². The van der Waals surface area contributed by atoms with E-state index in [-0.39, 0.29) is 5.54 Å². The van der Waals surface area contributed by atoms with E-state index < -0.39 is 0 Å². The van der Waals surface area contributed by atoms with Gasteiger partial charge in [-0.15, -0.1) is 0 Å². The second kappa shape index (κ2) is 3.67. The van der Waals surface area contributed by atoms with Gasteiger partial charge in [-0.1, -0.05) is 0 Å². The highest BCUT2D eigenvalue weighted by Crippen LogP contribution is 2.15. The summed E-state index contributed by atoms with van der Waals surface area (Å²) in [5.41, 5.74) is 1.55. The normalized spacial score (nSPS) is 10.8. The van der Waals surface area contributed by atoms with Crippen LogP contribution in [0.4, 0.5) is 5.82 Å². The molecular weight excluding hydrogens is 174 g/mol. The number of aromatic nitrogens is 1. The molecule has 14 heavy (non-hydrogen) atoms. The third-order valence-electron chi connectivity index (χ3n) is 1.73. The molecule has 1 N–H and O–H groups in total. The van der Waals surface area contributed by atoms with E-state index in [0.717, 1.165) is 11.4 Å². The molecule has 0 saturated carbocycles. The van der Waals surface area contributed by atoms with Crippen molar-refractivity contribution in [2.24, 2.45) is 0 Å². The van der Waals surface area contributed by atoms with Gasteiger partial charge >= 0.3 is 0 Å². The molecule has 0 aromatic carbocycles. The van der Waals surface area contributed by atoms with E-state index in [2.05, 4.69) is 37.1 Å². The summed E-state index contributed by atoms with van der Waals surface area (Å²) in [5, 5.41) is 12.1. The van der Waals surface area contributed by atoms with Gasteiger partial charge in [0, 0.05) is 11.7 Å². The number of nitrogens with zero attached hydrogens (tertiary/aromatic N) is 2. The molecule has 3 nitrogen and oxygen atoms in total. The Hall–Kier alpha value is -1.56. The van der Waals surface area contributed by atoms with E-state index in [1.54, 1.807) is 12.3 Å². The highest BCUT2D eigenvalue weighted by Gasteiger charge is 2.10. The second-order valence-corrected chi connectivity index (χ2v) is 4.37. The molecule has 0 atom stereocenters. The molecule has 1 rings (SSSR count). The summed E-state index contributed by atoms with van der Waals surface area (Å²) in [6, 6.07) is 3.92. The van der Waals surface area contributed by atoms with Gasteiger partial charge in [-0.2, -0.15) is 5.26 Å². The summed E-state index contributed by atoms with van der Waals surface area (Å²) in [6.07, 6.45) is 1.71. The Kier molecular flexibility index (Phi) is 2.76. The highest BCUT2D eigenvalue weighted by atomic mass is 15.0. The summed E-state index contributed by atoms with van der Waals surface area (Å²) >= 11 is 0. The van der Waals surface area contributed by atoms with Crippen molar-refractivity contribution in [1.29, 1.82) is 5.26 Å². The largest absolute Gasteiger partial charge is 0.365 e. The molecule has 0 saturated heterocycles. The molecule has 0 fully saturated rings. The minimum absolute atomic E-state index is 0.0328. The lowest BCUT2D eigenvalue weighted by molar-refractivity contribution is 0.630. The topological polar surface area (TPSA) is 48.7 Å². The quantitative estimate of drug-likeness (QED) is 0.738. The average molecular weight is 189 g/mol. The minimum atomic E-state index is -0.0328. The van der Waals surface area contributed by atoms with Gasteiger partial charge in [-0.25, -0.2) is 4.98 Å². The van der Waals surface area contributed by atoms with Crippen LogP contribution in [0.5, 0.6) is 0 Å². The number of anilines is 1. The number of nitriles is 1. The Bertz CT molecular complexity index is 369. The average Bonchev–Trinajstić information content (AvgIpc) is 2.06. The van der Waals surface area contributed by atoms with Gasteiger partial charge in [-0.05, 0) is 39.3 Å². The Labute approximate surface area is 84.8 Å². The molecule has 1 aromatic rings. The zero-order chi connectivity index (χ0) is 10.8. The highest BCUT2D eigenvalue weighted by molar-refractivity contribution is 5.47. The van der Waals surface area contributed by atoms with Crippen LogP contribution in [-0.4, -0.2) is 10.5 Å². The molecule has 1 heterocycles. The summed E-state index contributed by atoms with van der Waals surface area (Å²) in [5.74, 6) is 0.750. The van der Waals surface area contributed by atoms with Gasteiger partial charge in [0.15, 0.2) is 0 Å². The summed E-state index contributed by atoms with van der Waals surface area (Å²) in [6.45, 7) is 8.05. The molecule has 1 aromatic heterocycles. The van der Waals surface area contributed by atoms with Gasteiger partial charge in [0.2, 0.25) is 0 Å². The molecule has 0 radical (unpaired) electrons. The van der Waals surface area contributed by atoms with Crippen molar-refractivity contribution in [3.63, 3.8) is 0 Å². The lowest BCUT2D eigenvalue weighted by Gasteiger charge is -2.21. The van der Waals surface area contributed by atoms with Crippen LogP contribution in [0.1, 0.15) is 31.9 Å². The SMILES string of the molecule is Cc1cnc(NC(C)(C)C)cc1C#N. The van der Waals surface area contributed by atoms with E-state index in [1.165, 1.54) is 0 Å². The smallest absolute Gasteiger partial charge is 0.127 e. The fourth-order valence-corrected chi connectivity index (χ4v) is 1.10. The van der Waals surface area contributed by atoms with Crippen LogP contribution >= 0.6 is 0 Å². The van der Waals surface area contributed by atoms with Crippen molar-refractivity contribution >= 4 is 5.82 Å². The van der Waals surface area contributed by atoms with E-state index in [4.69, 9.17) is 5.26 Å². The molecule has 0 aliphatic rings. The molecule has 74 valence electrons. The van der Waals surface area contributed by atoms with Crippen molar-refractivity contribution in [2.45, 2.75) is 33.2 Å². The lowest BCUT2D eigenvalue weighted by atomic mass is 10.1. The zero-order valence-electron chi connectivity index (χ0n) is 9.05. The Morgan fingerprint density at radius 2 is 2.07 bits per heavy atom. The maximum atomic E-state index is 8.84. The van der Waals surface area contributed by atoms with E-state index in [0.29, 0.717) is 5.56 Å². The fourth-order valence-electron chi connectivity index (χ4n) is 1.10. The molecule has 0 spiro atoms. The van der Waals surface area contributed by atoms with Crippen molar-refractivity contribution < 1.29 is 0 Å². The molecule has 0 unspecified atom stereocenters. The number of nitrogens with one attached hydrogen (secondary N) is 1. The first kappa shape index (κ1) is 10.5. The van der Waals surface area contributed by atoms with Crippen molar-refractivity contribution in [2.75, 3.05) is 5.32 Å². The number of aryl methyl sites for hydroxylation is 1. The number of hydrogen-bond acceptors (Lipinski definition) is 3. The van der Waals surface area contributed by atoms with Crippen molar-refractivity contribution in [3.8, 4) is 6.07 Å². The Balaban J connectivity index is 2.97. The van der Waals surface area contributed by atoms with Gasteiger partial charge in [0.05, 0.1) is 11.6 Å². The van der Waals surface area contributed by atoms with Gasteiger partial charge in [0.25, 0.3) is 0 Å². The zero-order valence-corrected chi connectivity index (χ0v) is 9.05. The number of pyridine rings is 1. The summed E-state index contributed by atoms with van der Waals surface area (Å²) in [7, 11) is 0. The first-order valence-corrected chi connectivity index (χ1v) is 4.57. The predicted octanol–water partition coefficient (Wildman–Crippen LogP) is 2.47. The summed E-state index contributed by atoms with van der Waals surface area (Å²) in [4.78, 5) is 4.21. The first-order chi connectivity index (χ1) is 6.42. The number of hydrogen-bond donors (Lipinski definition) is 1. The Morgan fingerprint density at radius 1 is 1.43 bits per heavy atom. The van der Waals surface area contributed by atoms with Crippen LogP contribution in [0.25, 0.3) is 0 Å². The van der Waals surface area contributed by atoms with Crippen LogP contribution in [0.3, 0.4) is 0 Å². The summed E-state index contributed by atoms with van der Waals surface area (Å²) < 4.78 is 0. The maximum absolute atomic E-state index is 8.84. The first-order valence-electron chi connectivity index (χ1n) is 4.57. The van der Waals surface area contributed by atoms with Gasteiger partial charge < -0.3 is 5.32 Å². The molecule has 0 aliphatic heterocycles. The standard InChI is InChI=1S/C11H15N3/c1-8-7-13-10(5-9(8)6-12)14-11(2,3)4/h5,7H,1-4H3,(H,13,14). The molecule has 0 amide bonds. The lowest BCUT2D eigenvalue weighted by Crippen LogP contribution is -2.26. The van der Waals surface area contributed by atoms with Crippen LogP contribution in [0, 0.1) is 18.3 Å². The van der Waals surface area contributed by atoms with E-state index >= 15 is 0 Å². The molecule has 3 heteroatoms. The van der Waals surface area contributed by atoms with Gasteiger partial charge in [0.1, 0.15) is 5.82 Å².